The van der Waals surface area contributed by atoms with Crippen LogP contribution >= 0.6 is 0 Å². The van der Waals surface area contributed by atoms with E-state index in [9.17, 15) is 19.8 Å². The summed E-state index contributed by atoms with van der Waals surface area (Å²) < 4.78 is 11.2. The molecule has 3 atom stereocenters. The summed E-state index contributed by atoms with van der Waals surface area (Å²) >= 11 is 0. The van der Waals surface area contributed by atoms with Crippen LogP contribution in [0.2, 0.25) is 0 Å². The Morgan fingerprint density at radius 1 is 1.14 bits per heavy atom. The summed E-state index contributed by atoms with van der Waals surface area (Å²) in [6, 6.07) is 0. The van der Waals surface area contributed by atoms with Gasteiger partial charge in [-0.15, -0.1) is 0 Å². The summed E-state index contributed by atoms with van der Waals surface area (Å²) in [4.78, 5) is 27.1. The number of carbonyl (C=O) groups excluding carboxylic acids is 2. The molecule has 1 aliphatic heterocycles. The van der Waals surface area contributed by atoms with Gasteiger partial charge in [0.2, 0.25) is 11.8 Å². The Kier molecular flexibility index (Phi) is 11.3. The smallest absolute Gasteiger partial charge is 0.219 e. The Hall–Kier alpha value is -1.48. The summed E-state index contributed by atoms with van der Waals surface area (Å²) in [6.45, 7) is 8.97. The summed E-state index contributed by atoms with van der Waals surface area (Å²) in [7, 11) is 0. The Balaban J connectivity index is 2.95. The summed E-state index contributed by atoms with van der Waals surface area (Å²) in [5.41, 5.74) is 0. The summed E-state index contributed by atoms with van der Waals surface area (Å²) in [5, 5.41) is 20.8. The molecule has 0 aromatic rings. The lowest BCUT2D eigenvalue weighted by Crippen LogP contribution is -2.50. The first-order valence-corrected chi connectivity index (χ1v) is 9.93. The van der Waals surface area contributed by atoms with Crippen molar-refractivity contribution in [3.8, 4) is 0 Å². The van der Waals surface area contributed by atoms with Gasteiger partial charge in [0.15, 0.2) is 0 Å². The second-order valence-corrected chi connectivity index (χ2v) is 7.59. The number of rotatable bonds is 4. The first-order chi connectivity index (χ1) is 13.2. The van der Waals surface area contributed by atoms with Crippen molar-refractivity contribution in [2.24, 2.45) is 5.92 Å². The van der Waals surface area contributed by atoms with E-state index in [1.165, 1.54) is 13.8 Å². The molecule has 0 fully saturated rings. The van der Waals surface area contributed by atoms with Gasteiger partial charge in [-0.25, -0.2) is 0 Å². The molecule has 1 aliphatic rings. The fourth-order valence-electron chi connectivity index (χ4n) is 2.80. The average molecular weight is 401 g/mol. The number of aliphatic hydroxyl groups is 2. The van der Waals surface area contributed by atoms with Crippen molar-refractivity contribution in [3.05, 3.63) is 12.2 Å². The lowest BCUT2D eigenvalue weighted by Gasteiger charge is -2.33. The van der Waals surface area contributed by atoms with E-state index in [0.29, 0.717) is 32.2 Å². The van der Waals surface area contributed by atoms with Gasteiger partial charge < -0.3 is 29.5 Å². The summed E-state index contributed by atoms with van der Waals surface area (Å²) in [5.74, 6) is 0.173. The highest BCUT2D eigenvalue weighted by Crippen LogP contribution is 2.12. The van der Waals surface area contributed by atoms with Crippen molar-refractivity contribution >= 4 is 11.8 Å². The number of hydrogen-bond donors (Lipinski definition) is 2. The molecule has 0 saturated heterocycles. The van der Waals surface area contributed by atoms with E-state index in [1.54, 1.807) is 15.9 Å². The van der Waals surface area contributed by atoms with Gasteiger partial charge in [0.05, 0.1) is 13.2 Å². The van der Waals surface area contributed by atoms with Gasteiger partial charge in [0, 0.05) is 46.6 Å². The van der Waals surface area contributed by atoms with E-state index in [1.807, 2.05) is 6.08 Å². The lowest BCUT2D eigenvalue weighted by atomic mass is 10.1. The van der Waals surface area contributed by atoms with Crippen LogP contribution < -0.4 is 0 Å². The van der Waals surface area contributed by atoms with Crippen LogP contribution in [0.25, 0.3) is 0 Å². The monoisotopic (exact) mass is 400 g/mol. The third-order valence-electron chi connectivity index (χ3n) is 4.73. The van der Waals surface area contributed by atoms with Crippen LogP contribution in [0.4, 0.5) is 0 Å². The maximum absolute atomic E-state index is 12.1. The molecule has 1 heterocycles. The molecular weight excluding hydrogens is 364 g/mol. The molecule has 8 heteroatoms. The molecule has 28 heavy (non-hydrogen) atoms. The van der Waals surface area contributed by atoms with Crippen LogP contribution in [-0.2, 0) is 19.1 Å². The van der Waals surface area contributed by atoms with Crippen molar-refractivity contribution in [1.29, 1.82) is 0 Å². The largest absolute Gasteiger partial charge is 0.388 e. The predicted molar refractivity (Wildman–Crippen MR) is 106 cm³/mol. The topological polar surface area (TPSA) is 99.5 Å². The molecule has 0 radical (unpaired) electrons. The van der Waals surface area contributed by atoms with E-state index in [4.69, 9.17) is 9.47 Å². The van der Waals surface area contributed by atoms with Crippen molar-refractivity contribution in [2.75, 3.05) is 46.0 Å². The highest BCUT2D eigenvalue weighted by Gasteiger charge is 2.30. The van der Waals surface area contributed by atoms with Crippen LogP contribution in [0, 0.1) is 5.92 Å². The number of ether oxygens (including phenoxy) is 2. The minimum absolute atomic E-state index is 0.0496. The van der Waals surface area contributed by atoms with E-state index >= 15 is 0 Å². The second kappa shape index (κ2) is 12.9. The highest BCUT2D eigenvalue weighted by atomic mass is 16.5. The number of nitrogens with zero attached hydrogens (tertiary/aromatic N) is 2. The maximum atomic E-state index is 12.1. The molecule has 2 amide bonds. The molecular formula is C20H36N2O6. The maximum Gasteiger partial charge on any atom is 0.219 e. The SMILES string of the molecule is CC(=O)N1CC=CCOC[C@H](O)[C@H](O)[C@@H](OCCC(C)C)CN(C(C)=O)CC1. The second-order valence-electron chi connectivity index (χ2n) is 7.59. The average Bonchev–Trinajstić information content (AvgIpc) is 2.62. The number of hydrogen-bond acceptors (Lipinski definition) is 6. The van der Waals surface area contributed by atoms with E-state index in [0.717, 1.165) is 6.42 Å². The van der Waals surface area contributed by atoms with Gasteiger partial charge in [0.1, 0.15) is 18.3 Å². The third-order valence-corrected chi connectivity index (χ3v) is 4.73. The first kappa shape index (κ1) is 24.6. The van der Waals surface area contributed by atoms with Crippen molar-refractivity contribution in [1.82, 2.24) is 9.80 Å². The fourth-order valence-corrected chi connectivity index (χ4v) is 2.80. The fraction of sp³-hybridized carbons (Fsp3) is 0.800. The number of amides is 2. The van der Waals surface area contributed by atoms with Crippen LogP contribution in [0.15, 0.2) is 12.2 Å². The van der Waals surface area contributed by atoms with Crippen LogP contribution in [0.5, 0.6) is 0 Å². The molecule has 0 unspecified atom stereocenters. The standard InChI is InChI=1S/C20H36N2O6/c1-15(2)7-12-28-19-13-22(17(4)24)10-9-21(16(3)23)8-5-6-11-27-14-18(25)20(19)26/h5-6,15,18-20,25-26H,7-14H2,1-4H3/t18-,19-,20-/m0/s1. The Morgan fingerprint density at radius 2 is 1.79 bits per heavy atom. The number of aliphatic hydroxyl groups excluding tert-OH is 2. The van der Waals surface area contributed by atoms with Crippen molar-refractivity contribution < 1.29 is 29.3 Å². The first-order valence-electron chi connectivity index (χ1n) is 9.93. The normalized spacial score (nSPS) is 25.6. The minimum Gasteiger partial charge on any atom is -0.388 e. The minimum atomic E-state index is -1.19. The van der Waals surface area contributed by atoms with Gasteiger partial charge in [-0.05, 0) is 12.3 Å². The number of carbonyl (C=O) groups is 2. The van der Waals surface area contributed by atoms with E-state index < -0.39 is 18.3 Å². The molecule has 0 aromatic carbocycles. The Labute approximate surface area is 168 Å². The van der Waals surface area contributed by atoms with Gasteiger partial charge in [-0.3, -0.25) is 9.59 Å². The molecule has 1 rings (SSSR count). The molecule has 0 bridgehead atoms. The van der Waals surface area contributed by atoms with Crippen molar-refractivity contribution in [3.63, 3.8) is 0 Å². The molecule has 0 saturated carbocycles. The van der Waals surface area contributed by atoms with E-state index in [2.05, 4.69) is 13.8 Å². The molecule has 8 nitrogen and oxygen atoms in total. The zero-order chi connectivity index (χ0) is 21.1. The molecule has 0 aliphatic carbocycles. The quantitative estimate of drug-likeness (QED) is 0.664. The van der Waals surface area contributed by atoms with Gasteiger partial charge in [-0.2, -0.15) is 0 Å². The molecule has 2 N–H and O–H groups in total. The van der Waals surface area contributed by atoms with Gasteiger partial charge >= 0.3 is 0 Å². The Morgan fingerprint density at radius 3 is 2.39 bits per heavy atom. The van der Waals surface area contributed by atoms with Crippen LogP contribution in [0.3, 0.4) is 0 Å². The van der Waals surface area contributed by atoms with Crippen LogP contribution in [0.1, 0.15) is 34.1 Å². The summed E-state index contributed by atoms with van der Waals surface area (Å²) in [6.07, 6.45) is 1.32. The molecule has 0 spiro atoms. The van der Waals surface area contributed by atoms with Gasteiger partial charge in [0.25, 0.3) is 0 Å². The molecule has 0 aromatic heterocycles. The molecule has 162 valence electrons. The van der Waals surface area contributed by atoms with Crippen molar-refractivity contribution in [2.45, 2.75) is 52.4 Å². The zero-order valence-electron chi connectivity index (χ0n) is 17.5. The predicted octanol–water partition coefficient (Wildman–Crippen LogP) is 0.423. The lowest BCUT2D eigenvalue weighted by molar-refractivity contribution is -0.141. The van der Waals surface area contributed by atoms with Gasteiger partial charge in [-0.1, -0.05) is 26.0 Å². The van der Waals surface area contributed by atoms with E-state index in [-0.39, 0.29) is 31.6 Å². The zero-order valence-corrected chi connectivity index (χ0v) is 17.5. The van der Waals surface area contributed by atoms with Crippen LogP contribution in [-0.4, -0.2) is 96.1 Å². The Bertz CT molecular complexity index is 511. The highest BCUT2D eigenvalue weighted by molar-refractivity contribution is 5.74. The third kappa shape index (κ3) is 9.14.